The maximum absolute atomic E-state index is 13.0. The average molecular weight is 443 g/mol. The van der Waals surface area contributed by atoms with Gasteiger partial charge in [-0.15, -0.1) is 0 Å². The molecule has 0 unspecified atom stereocenters. The highest BCUT2D eigenvalue weighted by molar-refractivity contribution is 7.91. The zero-order valence-corrected chi connectivity index (χ0v) is 17.6. The molecule has 0 N–H and O–H groups in total. The summed E-state index contributed by atoms with van der Waals surface area (Å²) >= 11 is 0. The van der Waals surface area contributed by atoms with Gasteiger partial charge in [-0.2, -0.15) is 13.2 Å². The van der Waals surface area contributed by atoms with E-state index in [4.69, 9.17) is 4.42 Å². The molecule has 1 aromatic carbocycles. The molecular formula is C21H24F3NO4S. The third-order valence-corrected chi connectivity index (χ3v) is 6.76. The molecule has 0 radical (unpaired) electrons. The fourth-order valence-electron chi connectivity index (χ4n) is 3.54. The quantitative estimate of drug-likeness (QED) is 0.658. The number of benzene rings is 1. The molecule has 1 atom stereocenters. The third-order valence-electron chi connectivity index (χ3n) is 5.01. The fourth-order valence-corrected chi connectivity index (χ4v) is 5.27. The second-order valence-electron chi connectivity index (χ2n) is 8.02. The van der Waals surface area contributed by atoms with Crippen LogP contribution < -0.4 is 0 Å². The van der Waals surface area contributed by atoms with Crippen molar-refractivity contribution in [3.05, 3.63) is 47.7 Å². The van der Waals surface area contributed by atoms with Crippen LogP contribution in [-0.2, 0) is 27.4 Å². The van der Waals surface area contributed by atoms with E-state index in [1.807, 2.05) is 13.8 Å². The lowest BCUT2D eigenvalue weighted by Crippen LogP contribution is -2.41. The first-order valence-corrected chi connectivity index (χ1v) is 11.5. The van der Waals surface area contributed by atoms with Gasteiger partial charge in [0.15, 0.2) is 9.84 Å². The van der Waals surface area contributed by atoms with Gasteiger partial charge >= 0.3 is 6.18 Å². The number of carbonyl (C=O) groups is 1. The van der Waals surface area contributed by atoms with Crippen LogP contribution in [0.15, 0.2) is 40.8 Å². The first-order valence-electron chi connectivity index (χ1n) is 9.71. The molecule has 30 heavy (non-hydrogen) atoms. The smallest absolute Gasteiger partial charge is 0.416 e. The molecular weight excluding hydrogens is 419 g/mol. The Morgan fingerprint density at radius 1 is 1.23 bits per heavy atom. The van der Waals surface area contributed by atoms with Gasteiger partial charge in [-0.05, 0) is 36.6 Å². The zero-order valence-electron chi connectivity index (χ0n) is 16.8. The van der Waals surface area contributed by atoms with Crippen molar-refractivity contribution < 1.29 is 30.8 Å². The van der Waals surface area contributed by atoms with Gasteiger partial charge in [-0.3, -0.25) is 4.79 Å². The molecule has 9 heteroatoms. The number of hydrogen-bond donors (Lipinski definition) is 0. The highest BCUT2D eigenvalue weighted by atomic mass is 32.2. The zero-order chi connectivity index (χ0) is 22.1. The molecule has 0 bridgehead atoms. The normalized spacial score (nSPS) is 18.7. The lowest BCUT2D eigenvalue weighted by molar-refractivity contribution is -0.137. The highest BCUT2D eigenvalue weighted by Crippen LogP contribution is 2.33. The lowest BCUT2D eigenvalue weighted by Gasteiger charge is -2.28. The van der Waals surface area contributed by atoms with Crippen LogP contribution in [0.2, 0.25) is 0 Å². The van der Waals surface area contributed by atoms with Crippen LogP contribution in [0.3, 0.4) is 0 Å². The van der Waals surface area contributed by atoms with Crippen LogP contribution in [0.1, 0.15) is 38.0 Å². The van der Waals surface area contributed by atoms with E-state index in [0.29, 0.717) is 12.2 Å². The molecule has 164 valence electrons. The van der Waals surface area contributed by atoms with Crippen molar-refractivity contribution in [2.45, 2.75) is 45.5 Å². The molecule has 1 saturated heterocycles. The van der Waals surface area contributed by atoms with Crippen molar-refractivity contribution in [1.29, 1.82) is 0 Å². The van der Waals surface area contributed by atoms with Crippen LogP contribution >= 0.6 is 0 Å². The van der Waals surface area contributed by atoms with E-state index in [1.54, 1.807) is 12.1 Å². The minimum atomic E-state index is -4.46. The Balaban J connectivity index is 1.83. The molecule has 1 aliphatic heterocycles. The van der Waals surface area contributed by atoms with Crippen molar-refractivity contribution >= 4 is 15.7 Å². The molecule has 2 aromatic rings. The summed E-state index contributed by atoms with van der Waals surface area (Å²) in [5.74, 6) is 0.545. The van der Waals surface area contributed by atoms with Gasteiger partial charge in [0.1, 0.15) is 11.5 Å². The monoisotopic (exact) mass is 443 g/mol. The minimum Gasteiger partial charge on any atom is -0.459 e. The van der Waals surface area contributed by atoms with Crippen molar-refractivity contribution in [3.8, 4) is 11.3 Å². The molecule has 1 fully saturated rings. The summed E-state index contributed by atoms with van der Waals surface area (Å²) in [5.41, 5.74) is -0.498. The molecule has 0 aliphatic carbocycles. The number of hydrogen-bond acceptors (Lipinski definition) is 4. The van der Waals surface area contributed by atoms with Gasteiger partial charge in [0.05, 0.1) is 23.6 Å². The summed E-state index contributed by atoms with van der Waals surface area (Å²) in [6.07, 6.45) is -3.81. The van der Waals surface area contributed by atoms with Crippen molar-refractivity contribution in [3.63, 3.8) is 0 Å². The largest absolute Gasteiger partial charge is 0.459 e. The van der Waals surface area contributed by atoms with Gasteiger partial charge in [-0.1, -0.05) is 26.0 Å². The van der Waals surface area contributed by atoms with Gasteiger partial charge < -0.3 is 9.32 Å². The lowest BCUT2D eigenvalue weighted by atomic mass is 10.1. The summed E-state index contributed by atoms with van der Waals surface area (Å²) in [6.45, 7) is 3.88. The first kappa shape index (κ1) is 22.4. The van der Waals surface area contributed by atoms with E-state index in [1.165, 1.54) is 17.0 Å². The van der Waals surface area contributed by atoms with E-state index < -0.39 is 27.6 Å². The van der Waals surface area contributed by atoms with Crippen molar-refractivity contribution in [2.75, 3.05) is 11.5 Å². The van der Waals surface area contributed by atoms with Crippen molar-refractivity contribution in [2.24, 2.45) is 5.92 Å². The molecule has 2 heterocycles. The number of rotatable bonds is 6. The second kappa shape index (κ2) is 8.45. The molecule has 0 spiro atoms. The van der Waals surface area contributed by atoms with Gasteiger partial charge in [0.25, 0.3) is 0 Å². The van der Waals surface area contributed by atoms with E-state index in [2.05, 4.69) is 0 Å². The SMILES string of the molecule is CC(C)CC(=O)N(Cc1ccc(-c2cccc(C(F)(F)F)c2)o1)[C@H]1CCS(=O)(=O)C1. The average Bonchev–Trinajstić information content (AvgIpc) is 3.24. The highest BCUT2D eigenvalue weighted by Gasteiger charge is 2.35. The molecule has 0 saturated carbocycles. The van der Waals surface area contributed by atoms with E-state index in [-0.39, 0.29) is 47.6 Å². The molecule has 1 amide bonds. The first-order chi connectivity index (χ1) is 13.9. The van der Waals surface area contributed by atoms with Gasteiger partial charge in [0, 0.05) is 18.0 Å². The Hall–Kier alpha value is -2.29. The standard InChI is InChI=1S/C21H24F3NO4S/c1-14(2)10-20(26)25(17-8-9-30(27,28)13-17)12-18-6-7-19(29-18)15-4-3-5-16(11-15)21(22,23)24/h3-7,11,14,17H,8-10,12-13H2,1-2H3/t17-/m0/s1. The van der Waals surface area contributed by atoms with Gasteiger partial charge in [-0.25, -0.2) is 8.42 Å². The molecule has 1 aromatic heterocycles. The third kappa shape index (κ3) is 5.44. The second-order valence-corrected chi connectivity index (χ2v) is 10.2. The predicted molar refractivity (Wildman–Crippen MR) is 106 cm³/mol. The molecule has 5 nitrogen and oxygen atoms in total. The number of furan rings is 1. The topological polar surface area (TPSA) is 67.6 Å². The van der Waals surface area contributed by atoms with Crippen LogP contribution in [0.25, 0.3) is 11.3 Å². The Bertz CT molecular complexity index is 1010. The van der Waals surface area contributed by atoms with Crippen LogP contribution in [0, 0.1) is 5.92 Å². The van der Waals surface area contributed by atoms with Crippen LogP contribution in [0.4, 0.5) is 13.2 Å². The predicted octanol–water partition coefficient (Wildman–Crippen LogP) is 4.53. The summed E-state index contributed by atoms with van der Waals surface area (Å²) in [7, 11) is -3.18. The van der Waals surface area contributed by atoms with Crippen LogP contribution in [0.5, 0.6) is 0 Å². The van der Waals surface area contributed by atoms with E-state index in [9.17, 15) is 26.4 Å². The molecule has 1 aliphatic rings. The Kier molecular flexibility index (Phi) is 6.31. The number of alkyl halides is 3. The number of sulfone groups is 1. The fraction of sp³-hybridized carbons (Fsp3) is 0.476. The number of amides is 1. The summed E-state index contributed by atoms with van der Waals surface area (Å²) in [5, 5.41) is 0. The van der Waals surface area contributed by atoms with Crippen molar-refractivity contribution in [1.82, 2.24) is 4.90 Å². The Labute approximate surface area is 173 Å². The Morgan fingerprint density at radius 2 is 1.97 bits per heavy atom. The summed E-state index contributed by atoms with van der Waals surface area (Å²) in [4.78, 5) is 14.3. The van der Waals surface area contributed by atoms with Crippen LogP contribution in [-0.4, -0.2) is 36.8 Å². The summed E-state index contributed by atoms with van der Waals surface area (Å²) < 4.78 is 68.4. The number of nitrogens with zero attached hydrogens (tertiary/aromatic N) is 1. The number of carbonyl (C=O) groups excluding carboxylic acids is 1. The molecule has 3 rings (SSSR count). The summed E-state index contributed by atoms with van der Waals surface area (Å²) in [6, 6.07) is 7.55. The maximum Gasteiger partial charge on any atom is 0.416 e. The van der Waals surface area contributed by atoms with Gasteiger partial charge in [0.2, 0.25) is 5.91 Å². The van der Waals surface area contributed by atoms with E-state index in [0.717, 1.165) is 12.1 Å². The Morgan fingerprint density at radius 3 is 2.57 bits per heavy atom. The number of halogens is 3. The van der Waals surface area contributed by atoms with E-state index >= 15 is 0 Å². The minimum absolute atomic E-state index is 0.0385. The maximum atomic E-state index is 13.0.